The van der Waals surface area contributed by atoms with Crippen LogP contribution in [0.25, 0.3) is 0 Å². The Kier molecular flexibility index (Phi) is 8.09. The van der Waals surface area contributed by atoms with E-state index in [1.165, 1.54) is 26.4 Å². The van der Waals surface area contributed by atoms with E-state index in [4.69, 9.17) is 9.47 Å². The third-order valence-corrected chi connectivity index (χ3v) is 5.78. The van der Waals surface area contributed by atoms with Gasteiger partial charge in [-0.05, 0) is 29.3 Å². The first-order chi connectivity index (χ1) is 17.9. The molecule has 0 aliphatic rings. The first kappa shape index (κ1) is 25.8. The zero-order valence-electron chi connectivity index (χ0n) is 20.4. The van der Waals surface area contributed by atoms with Crippen molar-refractivity contribution in [1.82, 2.24) is 19.7 Å². The summed E-state index contributed by atoms with van der Waals surface area (Å²) in [6.07, 6.45) is 3.31. The lowest BCUT2D eigenvalue weighted by atomic mass is 10.1. The van der Waals surface area contributed by atoms with E-state index in [1.807, 2.05) is 30.3 Å². The van der Waals surface area contributed by atoms with Crippen LogP contribution in [-0.2, 0) is 31.0 Å². The predicted octanol–water partition coefficient (Wildman–Crippen LogP) is 3.50. The van der Waals surface area contributed by atoms with E-state index < -0.39 is 17.5 Å². The van der Waals surface area contributed by atoms with Gasteiger partial charge in [-0.25, -0.2) is 8.78 Å². The van der Waals surface area contributed by atoms with Crippen molar-refractivity contribution in [3.8, 4) is 5.75 Å². The Morgan fingerprint density at radius 3 is 2.41 bits per heavy atom. The number of hydrogen-bond acceptors (Lipinski definition) is 5. The van der Waals surface area contributed by atoms with Gasteiger partial charge in [0.25, 0.3) is 11.5 Å². The van der Waals surface area contributed by atoms with E-state index in [2.05, 4.69) is 10.4 Å². The SMILES string of the molecule is COCc1nn(Cc2ccc(Cn3ccccc3=O)cc2)cc1C(=O)NCc1c(F)ccc(OC)c1F. The van der Waals surface area contributed by atoms with Crippen LogP contribution in [-0.4, -0.2) is 34.5 Å². The highest BCUT2D eigenvalue weighted by molar-refractivity contribution is 5.95. The summed E-state index contributed by atoms with van der Waals surface area (Å²) in [7, 11) is 2.76. The van der Waals surface area contributed by atoms with Crippen LogP contribution in [0.4, 0.5) is 8.78 Å². The highest BCUT2D eigenvalue weighted by Gasteiger charge is 2.19. The van der Waals surface area contributed by atoms with Gasteiger partial charge in [0.15, 0.2) is 11.6 Å². The van der Waals surface area contributed by atoms with Crippen LogP contribution in [0, 0.1) is 11.6 Å². The van der Waals surface area contributed by atoms with E-state index >= 15 is 0 Å². The molecule has 2 aromatic carbocycles. The smallest absolute Gasteiger partial charge is 0.255 e. The molecule has 4 aromatic rings. The number of pyridine rings is 1. The van der Waals surface area contributed by atoms with E-state index in [9.17, 15) is 18.4 Å². The van der Waals surface area contributed by atoms with Gasteiger partial charge in [-0.2, -0.15) is 5.10 Å². The second-order valence-electron chi connectivity index (χ2n) is 8.33. The van der Waals surface area contributed by atoms with Gasteiger partial charge in [0.2, 0.25) is 0 Å². The summed E-state index contributed by atoms with van der Waals surface area (Å²) in [6.45, 7) is 0.562. The number of carbonyl (C=O) groups is 1. The molecule has 0 bridgehead atoms. The van der Waals surface area contributed by atoms with Crippen molar-refractivity contribution in [3.05, 3.63) is 117 Å². The largest absolute Gasteiger partial charge is 0.494 e. The minimum absolute atomic E-state index is 0.0727. The van der Waals surface area contributed by atoms with Gasteiger partial charge in [-0.1, -0.05) is 30.3 Å². The summed E-state index contributed by atoms with van der Waals surface area (Å²) in [5.74, 6) is -2.30. The second-order valence-corrected chi connectivity index (χ2v) is 8.33. The van der Waals surface area contributed by atoms with Crippen LogP contribution in [0.15, 0.2) is 71.8 Å². The fourth-order valence-electron chi connectivity index (χ4n) is 3.86. The molecule has 1 N–H and O–H groups in total. The van der Waals surface area contributed by atoms with Gasteiger partial charge in [0, 0.05) is 37.7 Å². The fourth-order valence-corrected chi connectivity index (χ4v) is 3.86. The van der Waals surface area contributed by atoms with Crippen LogP contribution in [0.3, 0.4) is 0 Å². The second kappa shape index (κ2) is 11.6. The molecule has 0 radical (unpaired) electrons. The molecule has 1 amide bonds. The number of halogens is 2. The van der Waals surface area contributed by atoms with E-state index in [1.54, 1.807) is 27.7 Å². The number of ether oxygens (including phenoxy) is 2. The number of carbonyl (C=O) groups excluding carboxylic acids is 1. The Morgan fingerprint density at radius 2 is 1.73 bits per heavy atom. The predicted molar refractivity (Wildman–Crippen MR) is 132 cm³/mol. The normalized spacial score (nSPS) is 10.9. The molecule has 0 fully saturated rings. The van der Waals surface area contributed by atoms with Gasteiger partial charge in [0.1, 0.15) is 11.5 Å². The van der Waals surface area contributed by atoms with Crippen molar-refractivity contribution in [2.45, 2.75) is 26.2 Å². The fraction of sp³-hybridized carbons (Fsp3) is 0.222. The first-order valence-corrected chi connectivity index (χ1v) is 11.5. The summed E-state index contributed by atoms with van der Waals surface area (Å²) < 4.78 is 41.9. The third kappa shape index (κ3) is 6.10. The summed E-state index contributed by atoms with van der Waals surface area (Å²) in [6, 6.07) is 15.0. The minimum atomic E-state index is -0.865. The number of benzene rings is 2. The van der Waals surface area contributed by atoms with Gasteiger partial charge < -0.3 is 19.4 Å². The lowest BCUT2D eigenvalue weighted by Crippen LogP contribution is -2.25. The van der Waals surface area contributed by atoms with Gasteiger partial charge in [-0.3, -0.25) is 14.3 Å². The van der Waals surface area contributed by atoms with Crippen LogP contribution >= 0.6 is 0 Å². The number of methoxy groups -OCH3 is 2. The van der Waals surface area contributed by atoms with Crippen LogP contribution < -0.4 is 15.6 Å². The van der Waals surface area contributed by atoms with Gasteiger partial charge in [0.05, 0.1) is 32.4 Å². The van der Waals surface area contributed by atoms with Crippen LogP contribution in [0.5, 0.6) is 5.75 Å². The highest BCUT2D eigenvalue weighted by Crippen LogP contribution is 2.23. The minimum Gasteiger partial charge on any atom is -0.494 e. The van der Waals surface area contributed by atoms with Crippen molar-refractivity contribution < 1.29 is 23.0 Å². The molecule has 2 aromatic heterocycles. The Morgan fingerprint density at radius 1 is 1.00 bits per heavy atom. The van der Waals surface area contributed by atoms with Gasteiger partial charge >= 0.3 is 0 Å². The summed E-state index contributed by atoms with van der Waals surface area (Å²) in [4.78, 5) is 24.8. The molecule has 10 heteroatoms. The lowest BCUT2D eigenvalue weighted by molar-refractivity contribution is 0.0945. The monoisotopic (exact) mass is 508 g/mol. The summed E-state index contributed by atoms with van der Waals surface area (Å²) in [5.41, 5.74) is 2.16. The molecule has 0 saturated heterocycles. The molecule has 4 rings (SSSR count). The summed E-state index contributed by atoms with van der Waals surface area (Å²) in [5, 5.41) is 7.00. The Balaban J connectivity index is 1.46. The molecule has 0 atom stereocenters. The average Bonchev–Trinajstić information content (AvgIpc) is 3.29. The van der Waals surface area contributed by atoms with Crippen LogP contribution in [0.2, 0.25) is 0 Å². The zero-order chi connectivity index (χ0) is 26.4. The van der Waals surface area contributed by atoms with Crippen molar-refractivity contribution in [1.29, 1.82) is 0 Å². The number of nitrogens with zero attached hydrogens (tertiary/aromatic N) is 3. The standard InChI is InChI=1S/C27H26F2N4O4/c1-36-17-23-21(27(35)30-13-20-22(28)10-11-24(37-2)26(20)29)16-33(31-23)15-19-8-6-18(7-9-19)14-32-12-4-3-5-25(32)34/h3-12,16H,13-15,17H2,1-2H3,(H,30,35). The van der Waals surface area contributed by atoms with Crippen molar-refractivity contribution in [3.63, 3.8) is 0 Å². The van der Waals surface area contributed by atoms with E-state index in [0.717, 1.165) is 17.2 Å². The van der Waals surface area contributed by atoms with Crippen molar-refractivity contribution in [2.75, 3.05) is 14.2 Å². The molecule has 192 valence electrons. The Labute approximate surface area is 212 Å². The molecule has 0 spiro atoms. The lowest BCUT2D eigenvalue weighted by Gasteiger charge is -2.10. The number of aromatic nitrogens is 3. The van der Waals surface area contributed by atoms with Crippen LogP contribution in [0.1, 0.15) is 32.7 Å². The molecular formula is C27H26F2N4O4. The number of rotatable bonds is 10. The van der Waals surface area contributed by atoms with E-state index in [0.29, 0.717) is 18.8 Å². The molecule has 0 aliphatic carbocycles. The maximum atomic E-state index is 14.4. The first-order valence-electron chi connectivity index (χ1n) is 11.5. The maximum absolute atomic E-state index is 14.4. The van der Waals surface area contributed by atoms with E-state index in [-0.39, 0.29) is 35.6 Å². The number of hydrogen-bond donors (Lipinski definition) is 1. The Bertz CT molecular complexity index is 1450. The summed E-state index contributed by atoms with van der Waals surface area (Å²) >= 11 is 0. The number of nitrogens with one attached hydrogen (secondary N) is 1. The molecule has 0 aliphatic heterocycles. The highest BCUT2D eigenvalue weighted by atomic mass is 19.1. The van der Waals surface area contributed by atoms with Crippen molar-refractivity contribution in [2.24, 2.45) is 0 Å². The zero-order valence-corrected chi connectivity index (χ0v) is 20.4. The molecule has 0 saturated carbocycles. The molecular weight excluding hydrogens is 482 g/mol. The van der Waals surface area contributed by atoms with Gasteiger partial charge in [-0.15, -0.1) is 0 Å². The maximum Gasteiger partial charge on any atom is 0.255 e. The average molecular weight is 509 g/mol. The number of amides is 1. The Hall–Kier alpha value is -4.31. The molecule has 37 heavy (non-hydrogen) atoms. The molecule has 2 heterocycles. The molecule has 8 nitrogen and oxygen atoms in total. The quantitative estimate of drug-likeness (QED) is 0.354. The molecule has 0 unspecified atom stereocenters. The third-order valence-electron chi connectivity index (χ3n) is 5.78. The topological polar surface area (TPSA) is 87.4 Å². The van der Waals surface area contributed by atoms with Crippen molar-refractivity contribution >= 4 is 5.91 Å².